The molecule has 1 atom stereocenters. The molecule has 1 saturated heterocycles. The van der Waals surface area contributed by atoms with Gasteiger partial charge in [0.05, 0.1) is 19.6 Å². The first kappa shape index (κ1) is 16.2. The molecule has 1 unspecified atom stereocenters. The van der Waals surface area contributed by atoms with Gasteiger partial charge in [0.25, 0.3) is 0 Å². The predicted octanol–water partition coefficient (Wildman–Crippen LogP) is 3.75. The fourth-order valence-corrected chi connectivity index (χ4v) is 3.72. The molecule has 2 aromatic rings. The van der Waals surface area contributed by atoms with Gasteiger partial charge in [0.1, 0.15) is 0 Å². The molecule has 1 aromatic heterocycles. The summed E-state index contributed by atoms with van der Waals surface area (Å²) in [7, 11) is 0. The highest BCUT2D eigenvalue weighted by atomic mass is 32.1. The number of carbonyl (C=O) groups excluding carboxylic acids is 1. The highest BCUT2D eigenvalue weighted by Crippen LogP contribution is 2.19. The molecule has 1 aliphatic rings. The average molecular weight is 329 g/mol. The number of piperidine rings is 1. The third kappa shape index (κ3) is 4.91. The molecule has 0 N–H and O–H groups in total. The molecule has 23 heavy (non-hydrogen) atoms. The fourth-order valence-electron chi connectivity index (χ4n) is 3.02. The monoisotopic (exact) mass is 329 g/mol. The largest absolute Gasteiger partial charge is 0.376 e. The van der Waals surface area contributed by atoms with Gasteiger partial charge in [-0.15, -0.1) is 11.3 Å². The fraction of sp³-hybridized carbons (Fsp3) is 0.421. The van der Waals surface area contributed by atoms with E-state index in [1.807, 2.05) is 40.6 Å². The van der Waals surface area contributed by atoms with Crippen LogP contribution in [0.5, 0.6) is 0 Å². The molecule has 4 heteroatoms. The number of thiophene rings is 1. The highest BCUT2D eigenvalue weighted by Gasteiger charge is 2.23. The number of nitrogens with zero attached hydrogens (tertiary/aromatic N) is 1. The topological polar surface area (TPSA) is 29.5 Å². The summed E-state index contributed by atoms with van der Waals surface area (Å²) < 4.78 is 5.86. The Hall–Kier alpha value is -1.65. The quantitative estimate of drug-likeness (QED) is 0.808. The molecule has 1 fully saturated rings. The lowest BCUT2D eigenvalue weighted by molar-refractivity contribution is -0.132. The normalized spacial score (nSPS) is 18.1. The van der Waals surface area contributed by atoms with E-state index in [-0.39, 0.29) is 5.91 Å². The second kappa shape index (κ2) is 8.27. The summed E-state index contributed by atoms with van der Waals surface area (Å²) >= 11 is 1.66. The molecular formula is C19H23NO2S. The molecule has 1 amide bonds. The Labute approximate surface area is 141 Å². The van der Waals surface area contributed by atoms with Crippen LogP contribution in [0.4, 0.5) is 0 Å². The molecule has 122 valence electrons. The molecule has 0 saturated carbocycles. The van der Waals surface area contributed by atoms with Gasteiger partial charge in [0.2, 0.25) is 5.91 Å². The lowest BCUT2D eigenvalue weighted by Gasteiger charge is -2.32. The smallest absolute Gasteiger partial charge is 0.227 e. The second-order valence-corrected chi connectivity index (χ2v) is 7.14. The number of hydrogen-bond acceptors (Lipinski definition) is 3. The van der Waals surface area contributed by atoms with Crippen molar-refractivity contribution >= 4 is 17.2 Å². The van der Waals surface area contributed by atoms with Crippen molar-refractivity contribution in [1.82, 2.24) is 4.90 Å². The van der Waals surface area contributed by atoms with Crippen LogP contribution in [-0.4, -0.2) is 30.5 Å². The lowest BCUT2D eigenvalue weighted by atomic mass is 9.98. The molecule has 1 aliphatic heterocycles. The van der Waals surface area contributed by atoms with Crippen LogP contribution in [0.15, 0.2) is 47.8 Å². The Morgan fingerprint density at radius 3 is 2.87 bits per heavy atom. The first-order chi connectivity index (χ1) is 11.3. The Balaban J connectivity index is 1.43. The van der Waals surface area contributed by atoms with Crippen molar-refractivity contribution in [3.63, 3.8) is 0 Å². The van der Waals surface area contributed by atoms with Crippen molar-refractivity contribution in [3.05, 3.63) is 58.3 Å². The van der Waals surface area contributed by atoms with Crippen molar-refractivity contribution < 1.29 is 9.53 Å². The number of likely N-dealkylation sites (tertiary alicyclic amines) is 1. The molecule has 3 rings (SSSR count). The van der Waals surface area contributed by atoms with E-state index in [9.17, 15) is 4.79 Å². The van der Waals surface area contributed by atoms with Gasteiger partial charge < -0.3 is 9.64 Å². The minimum Gasteiger partial charge on any atom is -0.376 e. The molecule has 1 aromatic carbocycles. The zero-order valence-electron chi connectivity index (χ0n) is 13.3. The number of hydrogen-bond donors (Lipinski definition) is 0. The van der Waals surface area contributed by atoms with E-state index >= 15 is 0 Å². The summed E-state index contributed by atoms with van der Waals surface area (Å²) in [5, 5.41) is 2.03. The van der Waals surface area contributed by atoms with E-state index < -0.39 is 0 Å². The second-order valence-electron chi connectivity index (χ2n) is 6.10. The maximum absolute atomic E-state index is 12.4. The Morgan fingerprint density at radius 2 is 2.09 bits per heavy atom. The third-order valence-electron chi connectivity index (χ3n) is 4.24. The van der Waals surface area contributed by atoms with Crippen LogP contribution in [0.25, 0.3) is 0 Å². The molecule has 2 heterocycles. The van der Waals surface area contributed by atoms with Gasteiger partial charge in [-0.05, 0) is 35.8 Å². The third-order valence-corrected chi connectivity index (χ3v) is 5.12. The van der Waals surface area contributed by atoms with Gasteiger partial charge in [0.15, 0.2) is 0 Å². The van der Waals surface area contributed by atoms with Crippen LogP contribution < -0.4 is 0 Å². The van der Waals surface area contributed by atoms with Gasteiger partial charge in [-0.3, -0.25) is 4.79 Å². The Kier molecular flexibility index (Phi) is 5.83. The summed E-state index contributed by atoms with van der Waals surface area (Å²) in [5.41, 5.74) is 1.20. The van der Waals surface area contributed by atoms with Crippen LogP contribution >= 0.6 is 11.3 Å². The van der Waals surface area contributed by atoms with Crippen molar-refractivity contribution in [2.75, 3.05) is 19.7 Å². The number of benzene rings is 1. The number of carbonyl (C=O) groups is 1. The zero-order chi connectivity index (χ0) is 15.9. The first-order valence-electron chi connectivity index (χ1n) is 8.23. The van der Waals surface area contributed by atoms with Gasteiger partial charge in [-0.2, -0.15) is 0 Å². The van der Waals surface area contributed by atoms with Gasteiger partial charge in [-0.1, -0.05) is 36.4 Å². The summed E-state index contributed by atoms with van der Waals surface area (Å²) in [5.74, 6) is 0.708. The number of rotatable bonds is 6. The number of ether oxygens (including phenoxy) is 1. The maximum atomic E-state index is 12.4. The summed E-state index contributed by atoms with van der Waals surface area (Å²) in [6, 6.07) is 14.3. The van der Waals surface area contributed by atoms with E-state index in [0.29, 0.717) is 18.9 Å². The SMILES string of the molecule is O=C(Cc1cccs1)N1CCCC(COCc2ccccc2)C1. The van der Waals surface area contributed by atoms with Crippen molar-refractivity contribution in [2.24, 2.45) is 5.92 Å². The average Bonchev–Trinajstić information content (AvgIpc) is 3.09. The predicted molar refractivity (Wildman–Crippen MR) is 93.4 cm³/mol. The van der Waals surface area contributed by atoms with Crippen LogP contribution in [0.2, 0.25) is 0 Å². The van der Waals surface area contributed by atoms with Crippen molar-refractivity contribution in [2.45, 2.75) is 25.9 Å². The van der Waals surface area contributed by atoms with E-state index in [2.05, 4.69) is 12.1 Å². The highest BCUT2D eigenvalue weighted by molar-refractivity contribution is 7.10. The first-order valence-corrected chi connectivity index (χ1v) is 9.11. The van der Waals surface area contributed by atoms with Gasteiger partial charge in [-0.25, -0.2) is 0 Å². The minimum absolute atomic E-state index is 0.250. The Morgan fingerprint density at radius 1 is 1.22 bits per heavy atom. The van der Waals surface area contributed by atoms with Crippen LogP contribution in [0, 0.1) is 5.92 Å². The van der Waals surface area contributed by atoms with Gasteiger partial charge >= 0.3 is 0 Å². The van der Waals surface area contributed by atoms with E-state index in [4.69, 9.17) is 4.74 Å². The summed E-state index contributed by atoms with van der Waals surface area (Å²) in [4.78, 5) is 15.6. The van der Waals surface area contributed by atoms with Crippen LogP contribution in [0.1, 0.15) is 23.3 Å². The van der Waals surface area contributed by atoms with Crippen molar-refractivity contribution in [1.29, 1.82) is 0 Å². The Bertz CT molecular complexity index is 597. The lowest BCUT2D eigenvalue weighted by Crippen LogP contribution is -2.41. The van der Waals surface area contributed by atoms with E-state index in [1.165, 1.54) is 5.56 Å². The minimum atomic E-state index is 0.250. The van der Waals surface area contributed by atoms with Crippen molar-refractivity contribution in [3.8, 4) is 0 Å². The van der Waals surface area contributed by atoms with Gasteiger partial charge in [0, 0.05) is 18.0 Å². The molecule has 3 nitrogen and oxygen atoms in total. The van der Waals surface area contributed by atoms with Crippen LogP contribution in [0.3, 0.4) is 0 Å². The maximum Gasteiger partial charge on any atom is 0.227 e. The molecule has 0 spiro atoms. The summed E-state index contributed by atoms with van der Waals surface area (Å²) in [6.07, 6.45) is 2.77. The van der Waals surface area contributed by atoms with E-state index in [0.717, 1.165) is 37.4 Å². The number of amides is 1. The summed E-state index contributed by atoms with van der Waals surface area (Å²) in [6.45, 7) is 3.11. The standard InChI is InChI=1S/C19H23NO2S/c21-19(12-18-9-5-11-23-18)20-10-4-8-17(13-20)15-22-14-16-6-2-1-3-7-16/h1-3,5-7,9,11,17H,4,8,10,12-15H2. The molecule has 0 bridgehead atoms. The molecular weight excluding hydrogens is 306 g/mol. The molecule has 0 aliphatic carbocycles. The van der Waals surface area contributed by atoms with Crippen LogP contribution in [-0.2, 0) is 22.6 Å². The zero-order valence-corrected chi connectivity index (χ0v) is 14.1. The van der Waals surface area contributed by atoms with E-state index in [1.54, 1.807) is 11.3 Å². The molecule has 0 radical (unpaired) electrons.